The van der Waals surface area contributed by atoms with E-state index in [-0.39, 0.29) is 30.2 Å². The van der Waals surface area contributed by atoms with Crippen molar-refractivity contribution in [3.8, 4) is 0 Å². The zero-order valence-corrected chi connectivity index (χ0v) is 22.2. The van der Waals surface area contributed by atoms with Crippen LogP contribution in [0.15, 0.2) is 102 Å². The van der Waals surface area contributed by atoms with E-state index in [1.165, 1.54) is 12.1 Å². The van der Waals surface area contributed by atoms with E-state index in [9.17, 15) is 14.9 Å². The minimum absolute atomic E-state index is 0. The summed E-state index contributed by atoms with van der Waals surface area (Å²) >= 11 is 6.10. The number of benzene rings is 3. The highest BCUT2D eigenvalue weighted by atomic mass is 35.5. The largest absolute Gasteiger partial charge is 1.00 e. The lowest BCUT2D eigenvalue weighted by Crippen LogP contribution is -3.00. The van der Waals surface area contributed by atoms with Gasteiger partial charge in [0.2, 0.25) is 5.52 Å². The van der Waals surface area contributed by atoms with Crippen molar-refractivity contribution >= 4 is 56.8 Å². The molecule has 0 saturated carbocycles. The van der Waals surface area contributed by atoms with Crippen LogP contribution in [0.3, 0.4) is 0 Å². The van der Waals surface area contributed by atoms with Gasteiger partial charge < -0.3 is 33.3 Å². The third-order valence-electron chi connectivity index (χ3n) is 6.10. The number of H-pyrrole nitrogens is 1. The summed E-state index contributed by atoms with van der Waals surface area (Å²) < 4.78 is 0. The van der Waals surface area contributed by atoms with E-state index in [1.54, 1.807) is 36.5 Å². The summed E-state index contributed by atoms with van der Waals surface area (Å²) in [4.78, 5) is 28.4. The van der Waals surface area contributed by atoms with Gasteiger partial charge in [0, 0.05) is 53.0 Å². The number of hydrogen-bond acceptors (Lipinski definition) is 6. The van der Waals surface area contributed by atoms with Gasteiger partial charge in [-0.15, -0.1) is 0 Å². The molecule has 11 heteroatoms. The summed E-state index contributed by atoms with van der Waals surface area (Å²) in [5, 5.41) is 22.1. The number of nitrogens with zero attached hydrogens (tertiary/aromatic N) is 2. The molecule has 4 aromatic rings. The van der Waals surface area contributed by atoms with Gasteiger partial charge in [-0.05, 0) is 66.7 Å². The molecule has 4 N–H and O–H groups in total. The molecule has 0 radical (unpaired) electrons. The number of anilines is 4. The van der Waals surface area contributed by atoms with Crippen molar-refractivity contribution in [2.45, 2.75) is 6.17 Å². The van der Waals surface area contributed by atoms with Gasteiger partial charge in [-0.1, -0.05) is 11.6 Å². The van der Waals surface area contributed by atoms with Crippen LogP contribution in [0, 0.1) is 10.1 Å². The predicted octanol–water partition coefficient (Wildman–Crippen LogP) is 2.88. The second-order valence-electron chi connectivity index (χ2n) is 8.73. The fourth-order valence-electron chi connectivity index (χ4n) is 4.05. The van der Waals surface area contributed by atoms with Crippen LogP contribution in [-0.4, -0.2) is 28.9 Å². The van der Waals surface area contributed by atoms with Crippen molar-refractivity contribution in [1.82, 2.24) is 4.90 Å². The number of likely N-dealkylation sites (N-methyl/N-ethyl adjacent to an activating group) is 1. The summed E-state index contributed by atoms with van der Waals surface area (Å²) in [6, 6.07) is 21.1. The van der Waals surface area contributed by atoms with E-state index in [4.69, 9.17) is 11.6 Å². The molecule has 1 unspecified atom stereocenters. The van der Waals surface area contributed by atoms with E-state index in [0.29, 0.717) is 21.8 Å². The standard InChI is InChI=1S/C28H23ClN6O3.ClH/c1-34-15-13-19(29)16-27(34)32-21-4-2-18(3-5-21)28(36)33-22-8-6-20(7-9-22)31-25-12-14-30-26-17-23(35(37)38)10-11-24(25)26;/h2-17,27,32H,1H3,(H,30,31)(H,33,36);1H. The number of nitrogens with one attached hydrogen (secondary N) is 4. The Morgan fingerprint density at radius 3 is 2.41 bits per heavy atom. The molecule has 3 aromatic carbocycles. The van der Waals surface area contributed by atoms with E-state index >= 15 is 0 Å². The van der Waals surface area contributed by atoms with Crippen molar-refractivity contribution in [3.05, 3.63) is 118 Å². The SMILES string of the molecule is CN1C=CC(Cl)=CC1Nc1ccc(C(=O)Nc2ccc(Nc3cc[nH+]c4cc([N+](=O)[O-])ccc34)cc2)cc1.[Cl-]. The zero-order chi connectivity index (χ0) is 26.6. The first-order chi connectivity index (χ1) is 18.4. The number of aromatic amines is 1. The molecule has 1 atom stereocenters. The molecule has 0 saturated heterocycles. The van der Waals surface area contributed by atoms with Gasteiger partial charge >= 0.3 is 0 Å². The number of aromatic nitrogens is 1. The van der Waals surface area contributed by atoms with E-state index < -0.39 is 4.92 Å². The number of nitro benzene ring substituents is 1. The molecule has 0 bridgehead atoms. The number of pyridine rings is 1. The molecule has 9 nitrogen and oxygen atoms in total. The summed E-state index contributed by atoms with van der Waals surface area (Å²) in [7, 11) is 1.95. The second kappa shape index (κ2) is 11.8. The number of hydrogen-bond donors (Lipinski definition) is 3. The van der Waals surface area contributed by atoms with Gasteiger partial charge in [0.05, 0.1) is 22.1 Å². The van der Waals surface area contributed by atoms with Gasteiger partial charge in [0.25, 0.3) is 11.6 Å². The lowest BCUT2D eigenvalue weighted by molar-refractivity contribution is -0.386. The van der Waals surface area contributed by atoms with Crippen LogP contribution in [0.25, 0.3) is 10.9 Å². The molecule has 1 aromatic heterocycles. The Bertz CT molecular complexity index is 1570. The molecule has 5 rings (SSSR count). The zero-order valence-electron chi connectivity index (χ0n) is 20.7. The molecule has 198 valence electrons. The van der Waals surface area contributed by atoms with Crippen LogP contribution in [0.5, 0.6) is 0 Å². The lowest BCUT2D eigenvalue weighted by atomic mass is 10.1. The Balaban J connectivity index is 0.00000353. The fraction of sp³-hybridized carbons (Fsp3) is 0.0714. The van der Waals surface area contributed by atoms with Gasteiger partial charge in [0.15, 0.2) is 6.20 Å². The Morgan fingerprint density at radius 2 is 1.69 bits per heavy atom. The highest BCUT2D eigenvalue weighted by Gasteiger charge is 2.15. The number of halogens is 2. The maximum Gasteiger partial charge on any atom is 0.276 e. The quantitative estimate of drug-likeness (QED) is 0.236. The molecular weight excluding hydrogens is 539 g/mol. The molecule has 2 heterocycles. The number of carbonyl (C=O) groups excluding carboxylic acids is 1. The molecule has 0 aliphatic carbocycles. The first kappa shape index (κ1) is 27.4. The molecule has 1 amide bonds. The van der Waals surface area contributed by atoms with Crippen molar-refractivity contribution < 1.29 is 27.1 Å². The van der Waals surface area contributed by atoms with Crippen LogP contribution in [0.1, 0.15) is 10.4 Å². The van der Waals surface area contributed by atoms with Crippen LogP contribution in [0.4, 0.5) is 28.4 Å². The normalized spacial score (nSPS) is 14.3. The van der Waals surface area contributed by atoms with E-state index in [0.717, 1.165) is 22.4 Å². The fourth-order valence-corrected chi connectivity index (χ4v) is 4.22. The summed E-state index contributed by atoms with van der Waals surface area (Å²) in [5.41, 5.74) is 4.33. The smallest absolute Gasteiger partial charge is 0.276 e. The van der Waals surface area contributed by atoms with Crippen molar-refractivity contribution in [2.75, 3.05) is 23.0 Å². The number of nitro groups is 1. The minimum Gasteiger partial charge on any atom is -1.00 e. The molecular formula is C28H24Cl2N6O3. The van der Waals surface area contributed by atoms with Crippen molar-refractivity contribution in [2.24, 2.45) is 0 Å². The molecule has 39 heavy (non-hydrogen) atoms. The monoisotopic (exact) mass is 562 g/mol. The van der Waals surface area contributed by atoms with Crippen LogP contribution < -0.4 is 33.3 Å². The topological polar surface area (TPSA) is 114 Å². The Labute approximate surface area is 235 Å². The Hall–Kier alpha value is -4.60. The average Bonchev–Trinajstić information content (AvgIpc) is 2.92. The van der Waals surface area contributed by atoms with E-state index in [2.05, 4.69) is 20.9 Å². The summed E-state index contributed by atoms with van der Waals surface area (Å²) in [6.07, 6.45) is 7.28. The average molecular weight is 563 g/mol. The number of allylic oxidation sites excluding steroid dienone is 2. The van der Waals surface area contributed by atoms with Gasteiger partial charge in [0.1, 0.15) is 6.17 Å². The highest BCUT2D eigenvalue weighted by Crippen LogP contribution is 2.27. The number of carbonyl (C=O) groups is 1. The maximum absolute atomic E-state index is 12.8. The second-order valence-corrected chi connectivity index (χ2v) is 9.17. The third-order valence-corrected chi connectivity index (χ3v) is 6.35. The van der Waals surface area contributed by atoms with Crippen molar-refractivity contribution in [3.63, 3.8) is 0 Å². The summed E-state index contributed by atoms with van der Waals surface area (Å²) in [6.45, 7) is 0. The minimum atomic E-state index is -0.423. The first-order valence-corrected chi connectivity index (χ1v) is 12.1. The predicted molar refractivity (Wildman–Crippen MR) is 150 cm³/mol. The third kappa shape index (κ3) is 6.46. The molecule has 0 spiro atoms. The van der Waals surface area contributed by atoms with Crippen LogP contribution in [-0.2, 0) is 0 Å². The lowest BCUT2D eigenvalue weighted by Gasteiger charge is -2.28. The maximum atomic E-state index is 12.8. The highest BCUT2D eigenvalue weighted by molar-refractivity contribution is 6.31. The van der Waals surface area contributed by atoms with Gasteiger partial charge in [-0.3, -0.25) is 14.9 Å². The number of fused-ring (bicyclic) bond motifs is 1. The molecule has 1 aliphatic heterocycles. The van der Waals surface area contributed by atoms with E-state index in [1.807, 2.05) is 60.6 Å². The van der Waals surface area contributed by atoms with Gasteiger partial charge in [-0.2, -0.15) is 0 Å². The molecule has 0 fully saturated rings. The van der Waals surface area contributed by atoms with Crippen LogP contribution >= 0.6 is 11.6 Å². The summed E-state index contributed by atoms with van der Waals surface area (Å²) in [5.74, 6) is -0.218. The van der Waals surface area contributed by atoms with Gasteiger partial charge in [-0.25, -0.2) is 4.98 Å². The number of rotatable bonds is 7. The Kier molecular flexibility index (Phi) is 8.33. The van der Waals surface area contributed by atoms with Crippen molar-refractivity contribution in [1.29, 1.82) is 0 Å². The number of non-ortho nitro benzene ring substituents is 1. The number of amides is 1. The van der Waals surface area contributed by atoms with Crippen LogP contribution in [0.2, 0.25) is 0 Å². The first-order valence-electron chi connectivity index (χ1n) is 11.8. The Morgan fingerprint density at radius 1 is 1.00 bits per heavy atom. The molecule has 1 aliphatic rings.